The molecule has 0 saturated carbocycles. The van der Waals surface area contributed by atoms with Crippen LogP contribution in [0.4, 0.5) is 10.8 Å². The monoisotopic (exact) mass is 593 g/mol. The molecule has 0 saturated heterocycles. The van der Waals surface area contributed by atoms with Crippen molar-refractivity contribution in [2.24, 2.45) is 0 Å². The van der Waals surface area contributed by atoms with E-state index in [1.54, 1.807) is 23.5 Å². The van der Waals surface area contributed by atoms with Gasteiger partial charge in [0.2, 0.25) is 0 Å². The van der Waals surface area contributed by atoms with E-state index >= 15 is 0 Å². The molecule has 6 nitrogen and oxygen atoms in total. The smallest absolute Gasteiger partial charge is 0.307 e. The minimum Gasteiger partial charge on any atom is -0.469 e. The second-order valence-electron chi connectivity index (χ2n) is 10.1. The highest BCUT2D eigenvalue weighted by Gasteiger charge is 2.20. The predicted molar refractivity (Wildman–Crippen MR) is 168 cm³/mol. The molecule has 4 aromatic carbocycles. The Labute approximate surface area is 253 Å². The number of hydrogen-bond acceptors (Lipinski definition) is 6. The van der Waals surface area contributed by atoms with Crippen LogP contribution < -0.4 is 10.2 Å². The van der Waals surface area contributed by atoms with Gasteiger partial charge in [-0.3, -0.25) is 9.59 Å². The SMILES string of the molecule is COC(=O)CCNC(=O)c1ccc(N(Cc2ccc3c(c2)Cc2ccccc2-3)c2nc(-c3ccc(Cl)cc3)cs2)cc1. The second kappa shape index (κ2) is 12.2. The largest absolute Gasteiger partial charge is 0.469 e. The lowest BCUT2D eigenvalue weighted by atomic mass is 10.0. The fourth-order valence-electron chi connectivity index (χ4n) is 5.17. The van der Waals surface area contributed by atoms with Crippen LogP contribution >= 0.6 is 22.9 Å². The second-order valence-corrected chi connectivity index (χ2v) is 11.3. The normalized spacial score (nSPS) is 11.5. The van der Waals surface area contributed by atoms with E-state index in [0.29, 0.717) is 17.1 Å². The van der Waals surface area contributed by atoms with Crippen molar-refractivity contribution in [3.8, 4) is 22.4 Å². The van der Waals surface area contributed by atoms with E-state index in [-0.39, 0.29) is 24.8 Å². The minimum atomic E-state index is -0.363. The van der Waals surface area contributed by atoms with Gasteiger partial charge >= 0.3 is 5.97 Å². The number of nitrogens with one attached hydrogen (secondary N) is 1. The summed E-state index contributed by atoms with van der Waals surface area (Å²) < 4.78 is 4.64. The lowest BCUT2D eigenvalue weighted by Crippen LogP contribution is -2.26. The van der Waals surface area contributed by atoms with Gasteiger partial charge in [0, 0.05) is 33.8 Å². The molecule has 1 N–H and O–H groups in total. The van der Waals surface area contributed by atoms with Crippen LogP contribution in [0.2, 0.25) is 5.02 Å². The van der Waals surface area contributed by atoms with Gasteiger partial charge < -0.3 is 15.0 Å². The van der Waals surface area contributed by atoms with Crippen molar-refractivity contribution in [2.45, 2.75) is 19.4 Å². The van der Waals surface area contributed by atoms with Crippen LogP contribution in [0, 0.1) is 0 Å². The number of methoxy groups -OCH3 is 1. The number of hydrogen-bond donors (Lipinski definition) is 1. The van der Waals surface area contributed by atoms with Crippen LogP contribution in [0.25, 0.3) is 22.4 Å². The van der Waals surface area contributed by atoms with E-state index in [0.717, 1.165) is 28.5 Å². The molecule has 0 fully saturated rings. The van der Waals surface area contributed by atoms with Crippen LogP contribution in [-0.2, 0) is 22.5 Å². The first-order valence-corrected chi connectivity index (χ1v) is 14.9. The molecule has 210 valence electrons. The molecule has 42 heavy (non-hydrogen) atoms. The van der Waals surface area contributed by atoms with Crippen molar-refractivity contribution in [2.75, 3.05) is 18.6 Å². The van der Waals surface area contributed by atoms with Gasteiger partial charge in [-0.15, -0.1) is 11.3 Å². The quantitative estimate of drug-likeness (QED) is 0.174. The Hall–Kier alpha value is -4.46. The van der Waals surface area contributed by atoms with Crippen molar-refractivity contribution >= 4 is 45.6 Å². The Balaban J connectivity index is 1.27. The molecule has 0 radical (unpaired) electrons. The Kier molecular flexibility index (Phi) is 8.04. The molecule has 1 amide bonds. The van der Waals surface area contributed by atoms with Crippen molar-refractivity contribution in [3.05, 3.63) is 124 Å². The summed E-state index contributed by atoms with van der Waals surface area (Å²) in [5.74, 6) is -0.604. The first-order chi connectivity index (χ1) is 20.5. The summed E-state index contributed by atoms with van der Waals surface area (Å²) in [5.41, 5.74) is 9.77. The summed E-state index contributed by atoms with van der Waals surface area (Å²) in [7, 11) is 1.33. The van der Waals surface area contributed by atoms with Gasteiger partial charge in [0.25, 0.3) is 5.91 Å². The Morgan fingerprint density at radius 3 is 2.50 bits per heavy atom. The molecular formula is C34H28ClN3O3S. The van der Waals surface area contributed by atoms with Crippen molar-refractivity contribution < 1.29 is 14.3 Å². The average Bonchev–Trinajstić information content (AvgIpc) is 3.65. The zero-order valence-electron chi connectivity index (χ0n) is 23.0. The van der Waals surface area contributed by atoms with Crippen LogP contribution in [0.15, 0.2) is 96.4 Å². The number of esters is 1. The molecule has 1 aromatic heterocycles. The molecule has 8 heteroatoms. The van der Waals surface area contributed by atoms with Crippen molar-refractivity contribution in [1.29, 1.82) is 0 Å². The van der Waals surface area contributed by atoms with Gasteiger partial charge in [-0.2, -0.15) is 0 Å². The maximum atomic E-state index is 12.6. The molecule has 5 aromatic rings. The van der Waals surface area contributed by atoms with Gasteiger partial charge in [-0.25, -0.2) is 4.98 Å². The van der Waals surface area contributed by atoms with E-state index in [4.69, 9.17) is 16.6 Å². The number of thiazole rings is 1. The number of carbonyl (C=O) groups excluding carboxylic acids is 2. The third-order valence-corrected chi connectivity index (χ3v) is 8.46. The number of amides is 1. The number of anilines is 2. The lowest BCUT2D eigenvalue weighted by molar-refractivity contribution is -0.140. The summed E-state index contributed by atoms with van der Waals surface area (Å²) in [6.45, 7) is 0.829. The predicted octanol–water partition coefficient (Wildman–Crippen LogP) is 7.67. The number of nitrogens with zero attached hydrogens (tertiary/aromatic N) is 2. The first-order valence-electron chi connectivity index (χ1n) is 13.6. The highest BCUT2D eigenvalue weighted by molar-refractivity contribution is 7.14. The highest BCUT2D eigenvalue weighted by Crippen LogP contribution is 2.38. The van der Waals surface area contributed by atoms with Crippen LogP contribution in [-0.4, -0.2) is 30.5 Å². The standard InChI is InChI=1S/C34H28ClN3O3S/c1-41-32(39)16-17-36-33(40)24-9-13-28(14-10-24)38(34-37-31(21-42-34)23-7-11-27(35)12-8-23)20-22-6-15-30-26(18-22)19-25-4-2-3-5-29(25)30/h2-15,18,21H,16-17,19-20H2,1H3,(H,36,40). The number of aromatic nitrogens is 1. The van der Waals surface area contributed by atoms with Gasteiger partial charge in [0.15, 0.2) is 5.13 Å². The summed E-state index contributed by atoms with van der Waals surface area (Å²) >= 11 is 7.67. The third-order valence-electron chi connectivity index (χ3n) is 7.35. The summed E-state index contributed by atoms with van der Waals surface area (Å²) in [5, 5.41) is 6.35. The minimum absolute atomic E-state index is 0.125. The zero-order valence-corrected chi connectivity index (χ0v) is 24.5. The molecule has 0 aliphatic heterocycles. The van der Waals surface area contributed by atoms with Gasteiger partial charge in [0.1, 0.15) is 0 Å². The van der Waals surface area contributed by atoms with E-state index in [1.165, 1.54) is 34.9 Å². The van der Waals surface area contributed by atoms with E-state index in [2.05, 4.69) is 57.4 Å². The fourth-order valence-corrected chi connectivity index (χ4v) is 6.15. The summed E-state index contributed by atoms with van der Waals surface area (Å²) in [6.07, 6.45) is 1.05. The third kappa shape index (κ3) is 5.93. The van der Waals surface area contributed by atoms with Crippen LogP contribution in [0.5, 0.6) is 0 Å². The highest BCUT2D eigenvalue weighted by atomic mass is 35.5. The average molecular weight is 594 g/mol. The molecule has 1 aliphatic rings. The molecule has 1 aliphatic carbocycles. The van der Waals surface area contributed by atoms with Crippen LogP contribution in [0.3, 0.4) is 0 Å². The first kappa shape index (κ1) is 27.7. The van der Waals surface area contributed by atoms with E-state index in [9.17, 15) is 9.59 Å². The van der Waals surface area contributed by atoms with Gasteiger partial charge in [-0.1, -0.05) is 66.2 Å². The Bertz CT molecular complexity index is 1750. The molecule has 0 spiro atoms. The van der Waals surface area contributed by atoms with Gasteiger partial charge in [0.05, 0.1) is 25.8 Å². The number of benzene rings is 4. The molecule has 0 atom stereocenters. The number of ether oxygens (including phenoxy) is 1. The van der Waals surface area contributed by atoms with Gasteiger partial charge in [-0.05, 0) is 70.6 Å². The molecule has 0 unspecified atom stereocenters. The number of halogens is 1. The van der Waals surface area contributed by atoms with Crippen molar-refractivity contribution in [3.63, 3.8) is 0 Å². The summed E-state index contributed by atoms with van der Waals surface area (Å²) in [6, 6.07) is 30.4. The molecule has 0 bridgehead atoms. The topological polar surface area (TPSA) is 71.5 Å². The lowest BCUT2D eigenvalue weighted by Gasteiger charge is -2.23. The Morgan fingerprint density at radius 2 is 1.71 bits per heavy atom. The Morgan fingerprint density at radius 1 is 0.952 bits per heavy atom. The molecular weight excluding hydrogens is 566 g/mol. The van der Waals surface area contributed by atoms with E-state index < -0.39 is 0 Å². The number of rotatable bonds is 9. The number of fused-ring (bicyclic) bond motifs is 3. The van der Waals surface area contributed by atoms with E-state index in [1.807, 2.05) is 41.8 Å². The maximum absolute atomic E-state index is 12.6. The molecule has 6 rings (SSSR count). The van der Waals surface area contributed by atoms with Crippen LogP contribution in [0.1, 0.15) is 33.5 Å². The summed E-state index contributed by atoms with van der Waals surface area (Å²) in [4.78, 5) is 31.2. The zero-order chi connectivity index (χ0) is 29.1. The number of carbonyl (C=O) groups is 2. The van der Waals surface area contributed by atoms with Crippen molar-refractivity contribution in [1.82, 2.24) is 10.3 Å². The molecule has 1 heterocycles. The fraction of sp³-hybridized carbons (Fsp3) is 0.147. The maximum Gasteiger partial charge on any atom is 0.307 e.